The Labute approximate surface area is 80.3 Å². The fourth-order valence-electron chi connectivity index (χ4n) is 1.43. The Morgan fingerprint density at radius 1 is 1.38 bits per heavy atom. The number of hydrogen-bond donors (Lipinski definition) is 2. The number of nitrogens with zero attached hydrogens (tertiary/aromatic N) is 1. The van der Waals surface area contributed by atoms with E-state index in [9.17, 15) is 4.79 Å². The maximum atomic E-state index is 10.8. The van der Waals surface area contributed by atoms with Crippen molar-refractivity contribution in [2.24, 2.45) is 11.5 Å². The number of rotatable bonds is 6. The number of primary amides is 1. The van der Waals surface area contributed by atoms with Crippen molar-refractivity contribution in [3.63, 3.8) is 0 Å². The standard InChI is InChI=1S/C9H21N3O/c1-7(2)12(6-9(11)13)8(3)4-5-10/h7-8H,4-6,10H2,1-3H3,(H2,11,13). The Bertz CT molecular complexity index is 159. The van der Waals surface area contributed by atoms with Crippen LogP contribution in [0.25, 0.3) is 0 Å². The predicted octanol–water partition coefficient (Wildman–Crippen LogP) is -0.0806. The summed E-state index contributed by atoms with van der Waals surface area (Å²) >= 11 is 0. The van der Waals surface area contributed by atoms with E-state index in [-0.39, 0.29) is 5.91 Å². The van der Waals surface area contributed by atoms with Crippen LogP contribution in [0.1, 0.15) is 27.2 Å². The highest BCUT2D eigenvalue weighted by Gasteiger charge is 2.17. The summed E-state index contributed by atoms with van der Waals surface area (Å²) in [4.78, 5) is 12.8. The molecule has 0 heterocycles. The number of carbonyl (C=O) groups is 1. The highest BCUT2D eigenvalue weighted by Crippen LogP contribution is 2.07. The Hall–Kier alpha value is -0.610. The molecule has 0 saturated heterocycles. The maximum absolute atomic E-state index is 10.8. The summed E-state index contributed by atoms with van der Waals surface area (Å²) in [7, 11) is 0. The second-order valence-corrected chi connectivity index (χ2v) is 3.66. The maximum Gasteiger partial charge on any atom is 0.231 e. The van der Waals surface area contributed by atoms with Gasteiger partial charge in [-0.25, -0.2) is 0 Å². The number of carbonyl (C=O) groups excluding carboxylic acids is 1. The zero-order chi connectivity index (χ0) is 10.4. The first kappa shape index (κ1) is 12.4. The molecule has 78 valence electrons. The average molecular weight is 187 g/mol. The monoisotopic (exact) mass is 187 g/mol. The van der Waals surface area contributed by atoms with Crippen molar-refractivity contribution in [3.05, 3.63) is 0 Å². The summed E-state index contributed by atoms with van der Waals surface area (Å²) < 4.78 is 0. The molecule has 4 heteroatoms. The van der Waals surface area contributed by atoms with Gasteiger partial charge in [0.2, 0.25) is 5.91 Å². The predicted molar refractivity (Wildman–Crippen MR) is 54.2 cm³/mol. The van der Waals surface area contributed by atoms with Gasteiger partial charge in [-0.15, -0.1) is 0 Å². The minimum absolute atomic E-state index is 0.280. The van der Waals surface area contributed by atoms with E-state index < -0.39 is 0 Å². The number of nitrogens with two attached hydrogens (primary N) is 2. The van der Waals surface area contributed by atoms with E-state index in [1.807, 2.05) is 0 Å². The third kappa shape index (κ3) is 4.85. The fourth-order valence-corrected chi connectivity index (χ4v) is 1.43. The third-order valence-corrected chi connectivity index (χ3v) is 2.15. The molecule has 0 aromatic rings. The molecule has 0 spiro atoms. The second-order valence-electron chi connectivity index (χ2n) is 3.66. The van der Waals surface area contributed by atoms with Crippen molar-refractivity contribution in [1.29, 1.82) is 0 Å². The van der Waals surface area contributed by atoms with Crippen LogP contribution in [0.5, 0.6) is 0 Å². The van der Waals surface area contributed by atoms with E-state index in [0.29, 0.717) is 25.2 Å². The molecule has 0 aliphatic heterocycles. The average Bonchev–Trinajstić information content (AvgIpc) is 1.99. The van der Waals surface area contributed by atoms with Crippen LogP contribution in [0.15, 0.2) is 0 Å². The van der Waals surface area contributed by atoms with Crippen molar-refractivity contribution >= 4 is 5.91 Å². The van der Waals surface area contributed by atoms with Gasteiger partial charge < -0.3 is 11.5 Å². The lowest BCUT2D eigenvalue weighted by molar-refractivity contribution is -0.120. The first-order chi connectivity index (χ1) is 5.99. The van der Waals surface area contributed by atoms with Gasteiger partial charge in [0.25, 0.3) is 0 Å². The van der Waals surface area contributed by atoms with Crippen molar-refractivity contribution < 1.29 is 4.79 Å². The number of amides is 1. The molecule has 0 fully saturated rings. The minimum atomic E-state index is -0.280. The van der Waals surface area contributed by atoms with E-state index in [2.05, 4.69) is 25.7 Å². The topological polar surface area (TPSA) is 72.3 Å². The van der Waals surface area contributed by atoms with Gasteiger partial charge in [0.1, 0.15) is 0 Å². The van der Waals surface area contributed by atoms with Gasteiger partial charge in [-0.3, -0.25) is 9.69 Å². The van der Waals surface area contributed by atoms with Gasteiger partial charge in [0, 0.05) is 12.1 Å². The van der Waals surface area contributed by atoms with Gasteiger partial charge in [-0.05, 0) is 33.7 Å². The van der Waals surface area contributed by atoms with Crippen LogP contribution in [0.3, 0.4) is 0 Å². The molecule has 4 nitrogen and oxygen atoms in total. The SMILES string of the molecule is CC(C)N(CC(N)=O)C(C)CCN. The summed E-state index contributed by atoms with van der Waals surface area (Å²) in [6.45, 7) is 7.13. The minimum Gasteiger partial charge on any atom is -0.369 e. The zero-order valence-corrected chi connectivity index (χ0v) is 8.79. The largest absolute Gasteiger partial charge is 0.369 e. The molecule has 13 heavy (non-hydrogen) atoms. The fraction of sp³-hybridized carbons (Fsp3) is 0.889. The summed E-state index contributed by atoms with van der Waals surface area (Å²) in [5.41, 5.74) is 10.6. The molecule has 1 atom stereocenters. The van der Waals surface area contributed by atoms with Gasteiger partial charge in [0.05, 0.1) is 6.54 Å². The van der Waals surface area contributed by atoms with Crippen LogP contribution in [0, 0.1) is 0 Å². The van der Waals surface area contributed by atoms with E-state index in [4.69, 9.17) is 11.5 Å². The summed E-state index contributed by atoms with van der Waals surface area (Å²) in [6, 6.07) is 0.645. The lowest BCUT2D eigenvalue weighted by Crippen LogP contribution is -2.44. The molecular formula is C9H21N3O. The van der Waals surface area contributed by atoms with E-state index in [0.717, 1.165) is 6.42 Å². The molecule has 0 bridgehead atoms. The van der Waals surface area contributed by atoms with Crippen molar-refractivity contribution in [2.45, 2.75) is 39.3 Å². The van der Waals surface area contributed by atoms with Crippen molar-refractivity contribution in [3.8, 4) is 0 Å². The molecule has 0 radical (unpaired) electrons. The van der Waals surface area contributed by atoms with Crippen molar-refractivity contribution in [2.75, 3.05) is 13.1 Å². The Kier molecular flexibility index (Phi) is 5.66. The first-order valence-corrected chi connectivity index (χ1v) is 4.73. The van der Waals surface area contributed by atoms with Gasteiger partial charge in [-0.2, -0.15) is 0 Å². The summed E-state index contributed by atoms with van der Waals surface area (Å²) in [5, 5.41) is 0. The zero-order valence-electron chi connectivity index (χ0n) is 8.79. The van der Waals surface area contributed by atoms with Gasteiger partial charge in [-0.1, -0.05) is 0 Å². The second kappa shape index (κ2) is 5.94. The van der Waals surface area contributed by atoms with E-state index in [1.165, 1.54) is 0 Å². The highest BCUT2D eigenvalue weighted by atomic mass is 16.1. The smallest absolute Gasteiger partial charge is 0.231 e. The molecular weight excluding hydrogens is 166 g/mol. The normalized spacial score (nSPS) is 13.7. The molecule has 0 aromatic carbocycles. The van der Waals surface area contributed by atoms with E-state index >= 15 is 0 Å². The molecule has 1 amide bonds. The highest BCUT2D eigenvalue weighted by molar-refractivity contribution is 5.76. The van der Waals surface area contributed by atoms with Crippen molar-refractivity contribution in [1.82, 2.24) is 4.90 Å². The van der Waals surface area contributed by atoms with Gasteiger partial charge >= 0.3 is 0 Å². The van der Waals surface area contributed by atoms with Crippen LogP contribution in [0.4, 0.5) is 0 Å². The molecule has 4 N–H and O–H groups in total. The van der Waals surface area contributed by atoms with Crippen LogP contribution in [-0.4, -0.2) is 36.0 Å². The molecule has 0 aliphatic carbocycles. The Morgan fingerprint density at radius 3 is 2.23 bits per heavy atom. The molecule has 0 saturated carbocycles. The molecule has 1 unspecified atom stereocenters. The lowest BCUT2D eigenvalue weighted by atomic mass is 10.1. The lowest BCUT2D eigenvalue weighted by Gasteiger charge is -2.31. The Morgan fingerprint density at radius 2 is 1.92 bits per heavy atom. The molecule has 0 aromatic heterocycles. The third-order valence-electron chi connectivity index (χ3n) is 2.15. The van der Waals surface area contributed by atoms with Crippen LogP contribution in [0.2, 0.25) is 0 Å². The van der Waals surface area contributed by atoms with Gasteiger partial charge in [0.15, 0.2) is 0 Å². The number of hydrogen-bond acceptors (Lipinski definition) is 3. The quantitative estimate of drug-likeness (QED) is 0.611. The van der Waals surface area contributed by atoms with Crippen LogP contribution < -0.4 is 11.5 Å². The summed E-state index contributed by atoms with van der Waals surface area (Å²) in [5.74, 6) is -0.280. The first-order valence-electron chi connectivity index (χ1n) is 4.73. The molecule has 0 aliphatic rings. The summed E-state index contributed by atoms with van der Waals surface area (Å²) in [6.07, 6.45) is 0.894. The molecule has 0 rings (SSSR count). The van der Waals surface area contributed by atoms with Crippen LogP contribution in [-0.2, 0) is 4.79 Å². The van der Waals surface area contributed by atoms with Crippen LogP contribution >= 0.6 is 0 Å². The Balaban J connectivity index is 4.14. The van der Waals surface area contributed by atoms with E-state index in [1.54, 1.807) is 0 Å².